The number of para-hydroxylation sites is 1. The molecule has 0 atom stereocenters. The number of piperidine rings is 1. The molecule has 1 aliphatic rings. The number of hydrogen-bond donors (Lipinski definition) is 0. The topological polar surface area (TPSA) is 25.2 Å². The van der Waals surface area contributed by atoms with Crippen molar-refractivity contribution in [3.8, 4) is 0 Å². The van der Waals surface area contributed by atoms with E-state index in [4.69, 9.17) is 0 Å². The van der Waals surface area contributed by atoms with Gasteiger partial charge in [0, 0.05) is 29.2 Å². The summed E-state index contributed by atoms with van der Waals surface area (Å²) in [6, 6.07) is 8.22. The monoisotopic (exact) mass is 298 g/mol. The fraction of sp³-hybridized carbons (Fsp3) is 0.526. The molecule has 1 aromatic heterocycles. The highest BCUT2D eigenvalue weighted by molar-refractivity contribution is 6.06. The third-order valence-corrected chi connectivity index (χ3v) is 4.92. The van der Waals surface area contributed by atoms with Gasteiger partial charge in [0.15, 0.2) is 5.78 Å². The Morgan fingerprint density at radius 1 is 1.18 bits per heavy atom. The van der Waals surface area contributed by atoms with Crippen LogP contribution in [0.3, 0.4) is 0 Å². The van der Waals surface area contributed by atoms with Crippen LogP contribution in [0.15, 0.2) is 30.5 Å². The molecule has 3 rings (SSSR count). The van der Waals surface area contributed by atoms with Crippen molar-refractivity contribution in [2.75, 3.05) is 19.6 Å². The second-order valence-electron chi connectivity index (χ2n) is 6.69. The summed E-state index contributed by atoms with van der Waals surface area (Å²) in [5.41, 5.74) is 2.03. The lowest BCUT2D eigenvalue weighted by Gasteiger charge is -2.30. The summed E-state index contributed by atoms with van der Waals surface area (Å²) in [6.07, 6.45) is 5.84. The van der Waals surface area contributed by atoms with Crippen LogP contribution in [0.4, 0.5) is 0 Å². The Kier molecular flexibility index (Phi) is 4.63. The number of Topliss-reactive ketones (excluding diaryl/α,β-unsaturated/α-hetero) is 1. The van der Waals surface area contributed by atoms with Crippen molar-refractivity contribution in [2.45, 2.75) is 39.7 Å². The predicted molar refractivity (Wildman–Crippen MR) is 91.4 cm³/mol. The molecule has 2 aromatic rings. The van der Waals surface area contributed by atoms with Crippen molar-refractivity contribution in [1.82, 2.24) is 9.47 Å². The Morgan fingerprint density at radius 3 is 2.64 bits per heavy atom. The number of carbonyl (C=O) groups excluding carboxylic acids is 1. The van der Waals surface area contributed by atoms with Gasteiger partial charge >= 0.3 is 0 Å². The average molecular weight is 298 g/mol. The Labute approximate surface area is 132 Å². The third kappa shape index (κ3) is 3.25. The van der Waals surface area contributed by atoms with Crippen LogP contribution >= 0.6 is 0 Å². The number of likely N-dealkylation sites (tertiary alicyclic amines) is 1. The van der Waals surface area contributed by atoms with E-state index in [2.05, 4.69) is 34.6 Å². The Morgan fingerprint density at radius 2 is 1.91 bits per heavy atom. The molecule has 3 nitrogen and oxygen atoms in total. The van der Waals surface area contributed by atoms with Crippen LogP contribution in [0.1, 0.15) is 43.5 Å². The molecule has 0 N–H and O–H groups in total. The highest BCUT2D eigenvalue weighted by Crippen LogP contribution is 2.22. The van der Waals surface area contributed by atoms with Crippen LogP contribution < -0.4 is 0 Å². The van der Waals surface area contributed by atoms with Crippen molar-refractivity contribution < 1.29 is 4.79 Å². The van der Waals surface area contributed by atoms with Crippen LogP contribution in [0, 0.1) is 5.92 Å². The maximum absolute atomic E-state index is 11.8. The van der Waals surface area contributed by atoms with Gasteiger partial charge in [0.1, 0.15) is 0 Å². The third-order valence-electron chi connectivity index (χ3n) is 4.92. The van der Waals surface area contributed by atoms with Crippen molar-refractivity contribution in [3.63, 3.8) is 0 Å². The van der Waals surface area contributed by atoms with Gasteiger partial charge in [0.2, 0.25) is 0 Å². The average Bonchev–Trinajstić information content (AvgIpc) is 2.89. The Hall–Kier alpha value is -1.61. The molecule has 1 aliphatic heterocycles. The van der Waals surface area contributed by atoms with Crippen LogP contribution in [0.2, 0.25) is 0 Å². The summed E-state index contributed by atoms with van der Waals surface area (Å²) in [5, 5.41) is 1.08. The standard InChI is InChI=1S/C19H26N2O/c1-15-8-12-20(13-9-15)10-5-11-21-14-18(16(2)22)17-6-3-4-7-19(17)21/h3-4,6-7,14-15H,5,8-13H2,1-2H3. The van der Waals surface area contributed by atoms with Crippen LogP contribution in [-0.2, 0) is 6.54 Å². The second kappa shape index (κ2) is 6.66. The second-order valence-corrected chi connectivity index (χ2v) is 6.69. The number of ketones is 1. The summed E-state index contributed by atoms with van der Waals surface area (Å²) in [7, 11) is 0. The molecule has 0 radical (unpaired) electrons. The van der Waals surface area contributed by atoms with E-state index in [1.54, 1.807) is 6.92 Å². The van der Waals surface area contributed by atoms with E-state index in [1.165, 1.54) is 31.4 Å². The number of hydrogen-bond acceptors (Lipinski definition) is 2. The maximum atomic E-state index is 11.8. The summed E-state index contributed by atoms with van der Waals surface area (Å²) in [5.74, 6) is 1.04. The zero-order chi connectivity index (χ0) is 15.5. The molecule has 1 fully saturated rings. The summed E-state index contributed by atoms with van der Waals surface area (Å²) >= 11 is 0. The lowest BCUT2D eigenvalue weighted by molar-refractivity contribution is 0.101. The first-order valence-corrected chi connectivity index (χ1v) is 8.46. The Bertz CT molecular complexity index is 650. The van der Waals surface area contributed by atoms with E-state index in [0.29, 0.717) is 0 Å². The van der Waals surface area contributed by atoms with Crippen molar-refractivity contribution in [2.24, 2.45) is 5.92 Å². The lowest BCUT2D eigenvalue weighted by Crippen LogP contribution is -2.33. The van der Waals surface area contributed by atoms with Crippen molar-refractivity contribution >= 4 is 16.7 Å². The largest absolute Gasteiger partial charge is 0.347 e. The van der Waals surface area contributed by atoms with Gasteiger partial charge in [-0.1, -0.05) is 25.1 Å². The lowest BCUT2D eigenvalue weighted by atomic mass is 9.99. The van der Waals surface area contributed by atoms with Gasteiger partial charge < -0.3 is 9.47 Å². The first kappa shape index (κ1) is 15.3. The predicted octanol–water partition coefficient (Wildman–Crippen LogP) is 3.97. The molecule has 22 heavy (non-hydrogen) atoms. The molecule has 0 bridgehead atoms. The molecular formula is C19H26N2O. The van der Waals surface area contributed by atoms with E-state index in [0.717, 1.165) is 36.4 Å². The van der Waals surface area contributed by atoms with E-state index < -0.39 is 0 Å². The fourth-order valence-electron chi connectivity index (χ4n) is 3.46. The normalized spacial score (nSPS) is 17.2. The highest BCUT2D eigenvalue weighted by Gasteiger charge is 2.15. The molecule has 118 valence electrons. The Balaban J connectivity index is 1.65. The molecule has 2 heterocycles. The van der Waals surface area contributed by atoms with Gasteiger partial charge in [-0.15, -0.1) is 0 Å². The summed E-state index contributed by atoms with van der Waals surface area (Å²) < 4.78 is 2.25. The van der Waals surface area contributed by atoms with Gasteiger partial charge in [0.25, 0.3) is 0 Å². The van der Waals surface area contributed by atoms with E-state index in [9.17, 15) is 4.79 Å². The fourth-order valence-corrected chi connectivity index (χ4v) is 3.46. The molecule has 0 unspecified atom stereocenters. The van der Waals surface area contributed by atoms with Crippen molar-refractivity contribution in [1.29, 1.82) is 0 Å². The smallest absolute Gasteiger partial charge is 0.161 e. The first-order valence-electron chi connectivity index (χ1n) is 8.46. The molecule has 3 heteroatoms. The zero-order valence-corrected chi connectivity index (χ0v) is 13.7. The number of benzene rings is 1. The van der Waals surface area contributed by atoms with Gasteiger partial charge in [-0.2, -0.15) is 0 Å². The number of nitrogens with zero attached hydrogens (tertiary/aromatic N) is 2. The molecule has 0 amide bonds. The molecular weight excluding hydrogens is 272 g/mol. The number of carbonyl (C=O) groups is 1. The van der Waals surface area contributed by atoms with E-state index in [1.807, 2.05) is 12.3 Å². The van der Waals surface area contributed by atoms with Crippen molar-refractivity contribution in [3.05, 3.63) is 36.0 Å². The highest BCUT2D eigenvalue weighted by atomic mass is 16.1. The minimum absolute atomic E-state index is 0.153. The number of aryl methyl sites for hydroxylation is 1. The van der Waals surface area contributed by atoms with Crippen LogP contribution in [0.25, 0.3) is 10.9 Å². The SMILES string of the molecule is CC(=O)c1cn(CCCN2CCC(C)CC2)c2ccccc12. The van der Waals surface area contributed by atoms with Gasteiger partial charge in [-0.05, 0) is 57.8 Å². The molecule has 0 aliphatic carbocycles. The first-order chi connectivity index (χ1) is 10.6. The molecule has 0 saturated carbocycles. The zero-order valence-electron chi connectivity index (χ0n) is 13.7. The van der Waals surface area contributed by atoms with E-state index >= 15 is 0 Å². The van der Waals surface area contributed by atoms with Crippen LogP contribution in [-0.4, -0.2) is 34.9 Å². The molecule has 1 aromatic carbocycles. The summed E-state index contributed by atoms with van der Waals surface area (Å²) in [6.45, 7) is 8.64. The molecule has 1 saturated heterocycles. The van der Waals surface area contributed by atoms with Gasteiger partial charge in [0.05, 0.1) is 0 Å². The minimum Gasteiger partial charge on any atom is -0.347 e. The van der Waals surface area contributed by atoms with Gasteiger partial charge in [-0.25, -0.2) is 0 Å². The van der Waals surface area contributed by atoms with E-state index in [-0.39, 0.29) is 5.78 Å². The summed E-state index contributed by atoms with van der Waals surface area (Å²) in [4.78, 5) is 14.4. The molecule has 0 spiro atoms. The number of rotatable bonds is 5. The number of aromatic nitrogens is 1. The van der Waals surface area contributed by atoms with Crippen LogP contribution in [0.5, 0.6) is 0 Å². The van der Waals surface area contributed by atoms with Gasteiger partial charge in [-0.3, -0.25) is 4.79 Å². The minimum atomic E-state index is 0.153. The maximum Gasteiger partial charge on any atom is 0.161 e. The quantitative estimate of drug-likeness (QED) is 0.781. The number of fused-ring (bicyclic) bond motifs is 1.